The van der Waals surface area contributed by atoms with Crippen molar-refractivity contribution in [3.63, 3.8) is 0 Å². The van der Waals surface area contributed by atoms with E-state index < -0.39 is 5.60 Å². The molecule has 0 fully saturated rings. The van der Waals surface area contributed by atoms with Crippen LogP contribution in [0.1, 0.15) is 41.9 Å². The quantitative estimate of drug-likeness (QED) is 0.530. The lowest BCUT2D eigenvalue weighted by molar-refractivity contribution is -0.00737. The minimum Gasteiger partial charge on any atom is -0.461 e. The first-order valence-electron chi connectivity index (χ1n) is 8.90. The molecule has 1 atom stereocenters. The fourth-order valence-electron chi connectivity index (χ4n) is 3.45. The number of nitrogens with zero attached hydrogens (tertiary/aromatic N) is 2. The van der Waals surface area contributed by atoms with E-state index in [9.17, 15) is 4.79 Å². The van der Waals surface area contributed by atoms with Gasteiger partial charge in [0.1, 0.15) is 5.69 Å². The fourth-order valence-corrected chi connectivity index (χ4v) is 3.98. The molecular formula is C21H18Cl2N2O3. The molecule has 5 nitrogen and oxygen atoms in total. The molecule has 1 aliphatic heterocycles. The maximum atomic E-state index is 12.2. The van der Waals surface area contributed by atoms with Gasteiger partial charge in [-0.15, -0.1) is 0 Å². The van der Waals surface area contributed by atoms with Gasteiger partial charge >= 0.3 is 5.97 Å². The largest absolute Gasteiger partial charge is 0.461 e. The number of fused-ring (bicyclic) bond motifs is 1. The fraction of sp³-hybridized carbons (Fsp3) is 0.238. The molecule has 0 amide bonds. The molecule has 0 bridgehead atoms. The molecule has 0 aliphatic carbocycles. The standard InChI is InChI=1S/C21H18Cl2N2O3/c1-3-27-20(26)19-7-6-16(18-5-4-8-25(18)19)17-12-21(2,28-24-17)13-9-14(22)11-15(23)10-13/h4-11H,3,12H2,1-2H3. The molecule has 0 N–H and O–H groups in total. The van der Waals surface area contributed by atoms with Gasteiger partial charge in [-0.2, -0.15) is 0 Å². The summed E-state index contributed by atoms with van der Waals surface area (Å²) in [6.07, 6.45) is 2.38. The van der Waals surface area contributed by atoms with Crippen molar-refractivity contribution in [1.29, 1.82) is 0 Å². The van der Waals surface area contributed by atoms with Gasteiger partial charge in [0, 0.05) is 33.8 Å². The van der Waals surface area contributed by atoms with E-state index in [0.29, 0.717) is 28.8 Å². The van der Waals surface area contributed by atoms with Gasteiger partial charge in [0.15, 0.2) is 5.60 Å². The summed E-state index contributed by atoms with van der Waals surface area (Å²) in [6.45, 7) is 4.06. The Bertz CT molecular complexity index is 1090. The lowest BCUT2D eigenvalue weighted by Gasteiger charge is -2.22. The van der Waals surface area contributed by atoms with Crippen molar-refractivity contribution in [2.24, 2.45) is 5.16 Å². The Morgan fingerprint density at radius 3 is 2.71 bits per heavy atom. The summed E-state index contributed by atoms with van der Waals surface area (Å²) in [4.78, 5) is 18.0. The number of aromatic nitrogens is 1. The second-order valence-electron chi connectivity index (χ2n) is 6.81. The zero-order chi connectivity index (χ0) is 19.9. The smallest absolute Gasteiger partial charge is 0.355 e. The average Bonchev–Trinajstić information content (AvgIpc) is 3.28. The molecule has 28 heavy (non-hydrogen) atoms. The molecule has 3 aromatic rings. The van der Waals surface area contributed by atoms with Gasteiger partial charge in [0.2, 0.25) is 0 Å². The number of oxime groups is 1. The Morgan fingerprint density at radius 2 is 2.00 bits per heavy atom. The number of carbonyl (C=O) groups excluding carboxylic acids is 1. The highest BCUT2D eigenvalue weighted by molar-refractivity contribution is 6.34. The van der Waals surface area contributed by atoms with Gasteiger partial charge in [-0.1, -0.05) is 28.4 Å². The Balaban J connectivity index is 1.69. The number of rotatable bonds is 4. The normalized spacial score (nSPS) is 18.8. The zero-order valence-electron chi connectivity index (χ0n) is 15.4. The van der Waals surface area contributed by atoms with Crippen LogP contribution in [0, 0.1) is 0 Å². The summed E-state index contributed by atoms with van der Waals surface area (Å²) in [6, 6.07) is 12.8. The lowest BCUT2D eigenvalue weighted by atomic mass is 9.89. The molecule has 0 spiro atoms. The SMILES string of the molecule is CCOC(=O)c1ccc(C2=NOC(C)(c3cc(Cl)cc(Cl)c3)C2)c2cccn12. The third kappa shape index (κ3) is 3.25. The number of pyridine rings is 1. The first kappa shape index (κ1) is 18.8. The molecule has 0 saturated carbocycles. The van der Waals surface area contributed by atoms with E-state index in [1.165, 1.54) is 0 Å². The van der Waals surface area contributed by atoms with Crippen LogP contribution in [0.5, 0.6) is 0 Å². The van der Waals surface area contributed by atoms with Crippen LogP contribution in [0.25, 0.3) is 5.52 Å². The molecule has 2 aromatic heterocycles. The molecule has 144 valence electrons. The highest BCUT2D eigenvalue weighted by atomic mass is 35.5. The highest BCUT2D eigenvalue weighted by Crippen LogP contribution is 2.39. The van der Waals surface area contributed by atoms with Crippen LogP contribution in [-0.4, -0.2) is 22.7 Å². The van der Waals surface area contributed by atoms with E-state index in [0.717, 1.165) is 22.4 Å². The minimum atomic E-state index is -0.673. The molecular weight excluding hydrogens is 399 g/mol. The van der Waals surface area contributed by atoms with Crippen LogP contribution in [-0.2, 0) is 15.2 Å². The Morgan fingerprint density at radius 1 is 1.25 bits per heavy atom. The lowest BCUT2D eigenvalue weighted by Crippen LogP contribution is -2.22. The maximum absolute atomic E-state index is 12.2. The summed E-state index contributed by atoms with van der Waals surface area (Å²) in [7, 11) is 0. The van der Waals surface area contributed by atoms with Crippen LogP contribution in [0.2, 0.25) is 10.0 Å². The summed E-state index contributed by atoms with van der Waals surface area (Å²) in [5.41, 5.74) is 3.20. The third-order valence-electron chi connectivity index (χ3n) is 4.82. The van der Waals surface area contributed by atoms with E-state index in [2.05, 4.69) is 5.16 Å². The molecule has 3 heterocycles. The molecule has 1 aliphatic rings. The van der Waals surface area contributed by atoms with Crippen LogP contribution < -0.4 is 0 Å². The highest BCUT2D eigenvalue weighted by Gasteiger charge is 2.37. The monoisotopic (exact) mass is 416 g/mol. The van der Waals surface area contributed by atoms with Crippen molar-refractivity contribution in [2.75, 3.05) is 6.61 Å². The third-order valence-corrected chi connectivity index (χ3v) is 5.26. The Labute approximate surface area is 172 Å². The van der Waals surface area contributed by atoms with Crippen molar-refractivity contribution in [3.8, 4) is 0 Å². The van der Waals surface area contributed by atoms with Gasteiger partial charge in [-0.05, 0) is 56.3 Å². The summed E-state index contributed by atoms with van der Waals surface area (Å²) < 4.78 is 6.95. The maximum Gasteiger partial charge on any atom is 0.355 e. The van der Waals surface area contributed by atoms with Gasteiger partial charge in [0.05, 0.1) is 17.8 Å². The summed E-state index contributed by atoms with van der Waals surface area (Å²) in [5.74, 6) is -0.363. The van der Waals surface area contributed by atoms with Crippen molar-refractivity contribution in [2.45, 2.75) is 25.9 Å². The van der Waals surface area contributed by atoms with Gasteiger partial charge in [-0.25, -0.2) is 4.79 Å². The van der Waals surface area contributed by atoms with Crippen LogP contribution in [0.3, 0.4) is 0 Å². The van der Waals surface area contributed by atoms with Gasteiger partial charge in [0.25, 0.3) is 0 Å². The molecule has 0 saturated heterocycles. The first-order chi connectivity index (χ1) is 13.4. The Hall–Kier alpha value is -2.50. The molecule has 1 unspecified atom stereocenters. The van der Waals surface area contributed by atoms with Crippen molar-refractivity contribution in [1.82, 2.24) is 4.40 Å². The van der Waals surface area contributed by atoms with Gasteiger partial charge < -0.3 is 14.0 Å². The number of halogens is 2. The number of ether oxygens (including phenoxy) is 1. The number of carbonyl (C=O) groups is 1. The van der Waals surface area contributed by atoms with Crippen molar-refractivity contribution < 1.29 is 14.4 Å². The van der Waals surface area contributed by atoms with Crippen LogP contribution in [0.4, 0.5) is 0 Å². The van der Waals surface area contributed by atoms with E-state index >= 15 is 0 Å². The molecule has 1 aromatic carbocycles. The number of hydrogen-bond acceptors (Lipinski definition) is 4. The molecule has 7 heteroatoms. The first-order valence-corrected chi connectivity index (χ1v) is 9.66. The van der Waals surface area contributed by atoms with E-state index in [4.69, 9.17) is 32.8 Å². The zero-order valence-corrected chi connectivity index (χ0v) is 16.9. The minimum absolute atomic E-state index is 0.324. The summed E-state index contributed by atoms with van der Waals surface area (Å²) in [5, 5.41) is 5.44. The van der Waals surface area contributed by atoms with Crippen molar-refractivity contribution >= 4 is 40.4 Å². The van der Waals surface area contributed by atoms with E-state index in [1.54, 1.807) is 19.1 Å². The number of hydrogen-bond donors (Lipinski definition) is 0. The molecule has 0 radical (unpaired) electrons. The topological polar surface area (TPSA) is 52.3 Å². The summed E-state index contributed by atoms with van der Waals surface area (Å²) >= 11 is 12.3. The average molecular weight is 417 g/mol. The van der Waals surface area contributed by atoms with Crippen LogP contribution in [0.15, 0.2) is 53.8 Å². The van der Waals surface area contributed by atoms with Gasteiger partial charge in [-0.3, -0.25) is 0 Å². The molecule has 4 rings (SSSR count). The van der Waals surface area contributed by atoms with E-state index in [-0.39, 0.29) is 5.97 Å². The number of benzene rings is 1. The van der Waals surface area contributed by atoms with Crippen LogP contribution >= 0.6 is 23.2 Å². The Kier molecular flexibility index (Phi) is 4.81. The predicted octanol–water partition coefficient (Wildman–Crippen LogP) is 5.46. The van der Waals surface area contributed by atoms with Crippen molar-refractivity contribution in [3.05, 3.63) is 75.5 Å². The predicted molar refractivity (Wildman–Crippen MR) is 109 cm³/mol. The second kappa shape index (κ2) is 7.15. The second-order valence-corrected chi connectivity index (χ2v) is 7.68. The number of esters is 1. The van der Waals surface area contributed by atoms with E-state index in [1.807, 2.05) is 47.9 Å².